The van der Waals surface area contributed by atoms with Crippen molar-refractivity contribution in [2.75, 3.05) is 33.4 Å². The monoisotopic (exact) mass is 256 g/mol. The fourth-order valence-corrected chi connectivity index (χ4v) is 2.38. The molecule has 0 amide bonds. The maximum absolute atomic E-state index is 5.18. The first-order chi connectivity index (χ1) is 8.77. The zero-order valence-electron chi connectivity index (χ0n) is 12.6. The SMILES string of the molecule is CCCCCC(C)NCCN(CCOC)C1CC1. The van der Waals surface area contributed by atoms with Crippen LogP contribution in [0.2, 0.25) is 0 Å². The van der Waals surface area contributed by atoms with Crippen molar-refractivity contribution in [2.45, 2.75) is 64.5 Å². The Bertz CT molecular complexity index is 195. The maximum atomic E-state index is 5.18. The number of nitrogens with zero attached hydrogens (tertiary/aromatic N) is 1. The van der Waals surface area contributed by atoms with Crippen molar-refractivity contribution in [3.05, 3.63) is 0 Å². The first-order valence-electron chi connectivity index (χ1n) is 7.74. The highest BCUT2D eigenvalue weighted by Gasteiger charge is 2.28. The predicted octanol–water partition coefficient (Wildman–Crippen LogP) is 2.66. The molecule has 0 aliphatic heterocycles. The fourth-order valence-electron chi connectivity index (χ4n) is 2.38. The van der Waals surface area contributed by atoms with Crippen molar-refractivity contribution in [3.63, 3.8) is 0 Å². The number of hydrogen-bond donors (Lipinski definition) is 1. The largest absolute Gasteiger partial charge is 0.383 e. The summed E-state index contributed by atoms with van der Waals surface area (Å²) in [5.41, 5.74) is 0. The minimum Gasteiger partial charge on any atom is -0.383 e. The van der Waals surface area contributed by atoms with Gasteiger partial charge in [0.15, 0.2) is 0 Å². The lowest BCUT2D eigenvalue weighted by Crippen LogP contribution is -2.38. The Kier molecular flexibility index (Phi) is 8.64. The van der Waals surface area contributed by atoms with Crippen molar-refractivity contribution < 1.29 is 4.74 Å². The predicted molar refractivity (Wildman–Crippen MR) is 78.1 cm³/mol. The molecule has 1 atom stereocenters. The number of rotatable bonds is 12. The van der Waals surface area contributed by atoms with Crippen LogP contribution in [0.3, 0.4) is 0 Å². The minimum absolute atomic E-state index is 0.667. The summed E-state index contributed by atoms with van der Waals surface area (Å²) in [4.78, 5) is 2.58. The highest BCUT2D eigenvalue weighted by atomic mass is 16.5. The molecular weight excluding hydrogens is 224 g/mol. The zero-order valence-corrected chi connectivity index (χ0v) is 12.6. The summed E-state index contributed by atoms with van der Waals surface area (Å²) >= 11 is 0. The number of methoxy groups -OCH3 is 1. The van der Waals surface area contributed by atoms with Crippen LogP contribution in [-0.4, -0.2) is 50.3 Å². The molecule has 1 aliphatic rings. The molecule has 0 heterocycles. The van der Waals surface area contributed by atoms with E-state index >= 15 is 0 Å². The van der Waals surface area contributed by atoms with Gasteiger partial charge in [0.25, 0.3) is 0 Å². The molecule has 1 rings (SSSR count). The van der Waals surface area contributed by atoms with E-state index < -0.39 is 0 Å². The van der Waals surface area contributed by atoms with Gasteiger partial charge in [-0.05, 0) is 26.2 Å². The summed E-state index contributed by atoms with van der Waals surface area (Å²) in [6, 6.07) is 1.51. The smallest absolute Gasteiger partial charge is 0.0589 e. The Morgan fingerprint density at radius 2 is 2.06 bits per heavy atom. The first-order valence-corrected chi connectivity index (χ1v) is 7.74. The summed E-state index contributed by atoms with van der Waals surface area (Å²) in [7, 11) is 1.79. The Hall–Kier alpha value is -0.120. The van der Waals surface area contributed by atoms with Gasteiger partial charge in [-0.25, -0.2) is 0 Å². The molecule has 0 spiro atoms. The summed E-state index contributed by atoms with van der Waals surface area (Å²) in [6.07, 6.45) is 8.13. The van der Waals surface area contributed by atoms with E-state index in [0.29, 0.717) is 6.04 Å². The van der Waals surface area contributed by atoms with Crippen molar-refractivity contribution in [1.29, 1.82) is 0 Å². The molecule has 0 aromatic heterocycles. The van der Waals surface area contributed by atoms with Crippen LogP contribution in [0.25, 0.3) is 0 Å². The average molecular weight is 256 g/mol. The second kappa shape index (κ2) is 9.76. The molecule has 1 unspecified atom stereocenters. The molecule has 3 heteroatoms. The average Bonchev–Trinajstić information content (AvgIpc) is 3.18. The van der Waals surface area contributed by atoms with Gasteiger partial charge in [0.05, 0.1) is 6.61 Å². The Labute approximate surface area is 113 Å². The van der Waals surface area contributed by atoms with Crippen LogP contribution in [0, 0.1) is 0 Å². The number of unbranched alkanes of at least 4 members (excludes halogenated alkanes) is 2. The molecule has 0 aromatic carbocycles. The van der Waals surface area contributed by atoms with Crippen LogP contribution in [0.15, 0.2) is 0 Å². The summed E-state index contributed by atoms with van der Waals surface area (Å²) < 4.78 is 5.18. The van der Waals surface area contributed by atoms with Crippen molar-refractivity contribution >= 4 is 0 Å². The van der Waals surface area contributed by atoms with E-state index in [1.54, 1.807) is 7.11 Å². The van der Waals surface area contributed by atoms with Crippen LogP contribution in [0.5, 0.6) is 0 Å². The summed E-state index contributed by atoms with van der Waals surface area (Å²) in [6.45, 7) is 8.82. The zero-order chi connectivity index (χ0) is 13.2. The molecule has 18 heavy (non-hydrogen) atoms. The normalized spacial score (nSPS) is 17.3. The van der Waals surface area contributed by atoms with Crippen LogP contribution < -0.4 is 5.32 Å². The molecular formula is C15H32N2O. The summed E-state index contributed by atoms with van der Waals surface area (Å²) in [5.74, 6) is 0. The fraction of sp³-hybridized carbons (Fsp3) is 1.00. The van der Waals surface area contributed by atoms with Crippen LogP contribution >= 0.6 is 0 Å². The quantitative estimate of drug-likeness (QED) is 0.543. The molecule has 3 nitrogen and oxygen atoms in total. The van der Waals surface area contributed by atoms with Gasteiger partial charge < -0.3 is 10.1 Å². The van der Waals surface area contributed by atoms with Crippen molar-refractivity contribution in [1.82, 2.24) is 10.2 Å². The lowest BCUT2D eigenvalue weighted by molar-refractivity contribution is 0.143. The highest BCUT2D eigenvalue weighted by Crippen LogP contribution is 2.25. The molecule has 1 fully saturated rings. The molecule has 0 bridgehead atoms. The van der Waals surface area contributed by atoms with Gasteiger partial charge in [-0.2, -0.15) is 0 Å². The second-order valence-corrected chi connectivity index (χ2v) is 5.61. The Morgan fingerprint density at radius 3 is 2.67 bits per heavy atom. The third-order valence-corrected chi connectivity index (χ3v) is 3.78. The standard InChI is InChI=1S/C15H32N2O/c1-4-5-6-7-14(2)16-10-11-17(12-13-18-3)15-8-9-15/h14-16H,4-13H2,1-3H3. The van der Waals surface area contributed by atoms with E-state index in [1.807, 2.05) is 0 Å². The van der Waals surface area contributed by atoms with Gasteiger partial charge in [0, 0.05) is 38.8 Å². The van der Waals surface area contributed by atoms with Gasteiger partial charge in [-0.1, -0.05) is 26.2 Å². The number of hydrogen-bond acceptors (Lipinski definition) is 3. The van der Waals surface area contributed by atoms with Gasteiger partial charge in [-0.15, -0.1) is 0 Å². The van der Waals surface area contributed by atoms with Gasteiger partial charge in [0.2, 0.25) is 0 Å². The highest BCUT2D eigenvalue weighted by molar-refractivity contribution is 4.84. The molecule has 1 N–H and O–H groups in total. The van der Waals surface area contributed by atoms with Gasteiger partial charge >= 0.3 is 0 Å². The lowest BCUT2D eigenvalue weighted by atomic mass is 10.1. The minimum atomic E-state index is 0.667. The van der Waals surface area contributed by atoms with Crippen LogP contribution in [0.1, 0.15) is 52.4 Å². The molecule has 0 radical (unpaired) electrons. The van der Waals surface area contributed by atoms with E-state index in [2.05, 4.69) is 24.1 Å². The topological polar surface area (TPSA) is 24.5 Å². The number of ether oxygens (including phenoxy) is 1. The van der Waals surface area contributed by atoms with E-state index in [0.717, 1.165) is 25.7 Å². The van der Waals surface area contributed by atoms with Crippen molar-refractivity contribution in [2.24, 2.45) is 0 Å². The summed E-state index contributed by atoms with van der Waals surface area (Å²) in [5, 5.41) is 3.65. The molecule has 0 saturated heterocycles. The molecule has 1 aliphatic carbocycles. The van der Waals surface area contributed by atoms with E-state index in [4.69, 9.17) is 4.74 Å². The lowest BCUT2D eigenvalue weighted by Gasteiger charge is -2.23. The van der Waals surface area contributed by atoms with E-state index in [9.17, 15) is 0 Å². The molecule has 108 valence electrons. The molecule has 1 saturated carbocycles. The third kappa shape index (κ3) is 7.34. The second-order valence-electron chi connectivity index (χ2n) is 5.61. The van der Waals surface area contributed by atoms with Crippen LogP contribution in [-0.2, 0) is 4.74 Å². The van der Waals surface area contributed by atoms with E-state index in [-0.39, 0.29) is 0 Å². The van der Waals surface area contributed by atoms with Crippen LogP contribution in [0.4, 0.5) is 0 Å². The van der Waals surface area contributed by atoms with Gasteiger partial charge in [0.1, 0.15) is 0 Å². The van der Waals surface area contributed by atoms with Gasteiger partial charge in [-0.3, -0.25) is 4.90 Å². The Balaban J connectivity index is 2.02. The third-order valence-electron chi connectivity index (χ3n) is 3.78. The Morgan fingerprint density at radius 1 is 1.28 bits per heavy atom. The molecule has 0 aromatic rings. The maximum Gasteiger partial charge on any atom is 0.0589 e. The van der Waals surface area contributed by atoms with E-state index in [1.165, 1.54) is 45.1 Å². The van der Waals surface area contributed by atoms with Crippen molar-refractivity contribution in [3.8, 4) is 0 Å². The number of nitrogens with one attached hydrogen (secondary N) is 1. The first kappa shape index (κ1) is 15.9.